The van der Waals surface area contributed by atoms with Crippen molar-refractivity contribution >= 4 is 22.6 Å². The van der Waals surface area contributed by atoms with Crippen molar-refractivity contribution < 1.29 is 9.59 Å². The van der Waals surface area contributed by atoms with E-state index in [0.717, 1.165) is 21.9 Å². The largest absolute Gasteiger partial charge is 0.355 e. The van der Waals surface area contributed by atoms with E-state index in [1.807, 2.05) is 48.6 Å². The van der Waals surface area contributed by atoms with E-state index in [1.54, 1.807) is 4.68 Å². The molecule has 0 aliphatic carbocycles. The van der Waals surface area contributed by atoms with Gasteiger partial charge < -0.3 is 10.2 Å². The number of carbonyl (C=O) groups excluding carboxylic acids is 2. The Morgan fingerprint density at radius 3 is 2.58 bits per heavy atom. The molecule has 1 aliphatic rings. The summed E-state index contributed by atoms with van der Waals surface area (Å²) < 4.78 is 1.76. The highest BCUT2D eigenvalue weighted by Gasteiger charge is 2.45. The second kappa shape index (κ2) is 8.17. The van der Waals surface area contributed by atoms with Crippen molar-refractivity contribution in [3.05, 3.63) is 66.0 Å². The molecule has 0 bridgehead atoms. The molecule has 0 unspecified atom stereocenters. The molecule has 1 N–H and O–H groups in total. The van der Waals surface area contributed by atoms with Gasteiger partial charge in [0.25, 0.3) is 0 Å². The van der Waals surface area contributed by atoms with Crippen LogP contribution in [0.1, 0.15) is 44.4 Å². The number of benzene rings is 2. The quantitative estimate of drug-likeness (QED) is 0.688. The van der Waals surface area contributed by atoms with Gasteiger partial charge in [-0.15, -0.1) is 0 Å². The van der Waals surface area contributed by atoms with Crippen LogP contribution in [0.5, 0.6) is 0 Å². The van der Waals surface area contributed by atoms with Crippen molar-refractivity contribution in [3.8, 4) is 0 Å². The van der Waals surface area contributed by atoms with Crippen molar-refractivity contribution in [1.82, 2.24) is 20.0 Å². The molecular formula is C25H30N4O2. The summed E-state index contributed by atoms with van der Waals surface area (Å²) in [5, 5.41) is 9.68. The molecule has 2 aromatic carbocycles. The molecule has 3 aromatic rings. The summed E-state index contributed by atoms with van der Waals surface area (Å²) in [6.45, 7) is 6.61. The third-order valence-electron chi connectivity index (χ3n) is 5.96. The van der Waals surface area contributed by atoms with E-state index in [4.69, 9.17) is 0 Å². The molecule has 1 fully saturated rings. The minimum atomic E-state index is -0.304. The van der Waals surface area contributed by atoms with E-state index >= 15 is 0 Å². The van der Waals surface area contributed by atoms with E-state index in [2.05, 4.69) is 49.4 Å². The molecule has 2 heterocycles. The Morgan fingerprint density at radius 1 is 1.16 bits per heavy atom. The van der Waals surface area contributed by atoms with Gasteiger partial charge in [0.2, 0.25) is 11.8 Å². The van der Waals surface area contributed by atoms with Crippen molar-refractivity contribution in [1.29, 1.82) is 0 Å². The van der Waals surface area contributed by atoms with Crippen LogP contribution in [0.4, 0.5) is 0 Å². The van der Waals surface area contributed by atoms with E-state index in [-0.39, 0.29) is 29.3 Å². The van der Waals surface area contributed by atoms with Gasteiger partial charge in [-0.05, 0) is 37.1 Å². The number of nitrogens with one attached hydrogen (secondary N) is 1. The van der Waals surface area contributed by atoms with Gasteiger partial charge in [-0.1, -0.05) is 42.5 Å². The van der Waals surface area contributed by atoms with Crippen LogP contribution >= 0.6 is 0 Å². The monoisotopic (exact) mass is 418 g/mol. The lowest BCUT2D eigenvalue weighted by molar-refractivity contribution is -0.133. The number of aromatic nitrogens is 2. The Hall–Kier alpha value is -3.15. The smallest absolute Gasteiger partial charge is 0.224 e. The van der Waals surface area contributed by atoms with Crippen LogP contribution in [0.2, 0.25) is 0 Å². The molecule has 4 rings (SSSR count). The van der Waals surface area contributed by atoms with Crippen LogP contribution in [0.15, 0.2) is 54.9 Å². The average molecular weight is 419 g/mol. The highest BCUT2D eigenvalue weighted by molar-refractivity contribution is 5.85. The summed E-state index contributed by atoms with van der Waals surface area (Å²) >= 11 is 0. The number of rotatable bonds is 5. The topological polar surface area (TPSA) is 67.2 Å². The summed E-state index contributed by atoms with van der Waals surface area (Å²) in [5.41, 5.74) is 1.69. The Labute approximate surface area is 183 Å². The van der Waals surface area contributed by atoms with Crippen LogP contribution in [-0.2, 0) is 23.1 Å². The standard InChI is InChI=1S/C25H30N4O2/c1-25(2,3)29-23(31)13-20(24(29)21-15-27-28(4)16-21)14-26-22(30)12-17-9-10-18-7-5-6-8-19(18)11-17/h5-11,15-16,20,24H,12-14H2,1-4H3,(H,26,30)/t20-,24+/m0/s1. The van der Waals surface area contributed by atoms with Crippen molar-refractivity contribution in [2.45, 2.75) is 45.2 Å². The lowest BCUT2D eigenvalue weighted by Crippen LogP contribution is -2.44. The molecule has 162 valence electrons. The fourth-order valence-electron chi connectivity index (χ4n) is 4.63. The van der Waals surface area contributed by atoms with Gasteiger partial charge in [0.1, 0.15) is 0 Å². The molecule has 2 atom stereocenters. The van der Waals surface area contributed by atoms with Crippen molar-refractivity contribution in [2.24, 2.45) is 13.0 Å². The molecule has 6 heteroatoms. The predicted molar refractivity (Wildman–Crippen MR) is 121 cm³/mol. The van der Waals surface area contributed by atoms with E-state index in [1.165, 1.54) is 0 Å². The number of carbonyl (C=O) groups is 2. The molecule has 1 aliphatic heterocycles. The molecule has 1 saturated heterocycles. The Bertz CT molecular complexity index is 1110. The van der Waals surface area contributed by atoms with E-state index < -0.39 is 0 Å². The predicted octanol–water partition coefficient (Wildman–Crippen LogP) is 3.62. The van der Waals surface area contributed by atoms with Crippen LogP contribution in [0.3, 0.4) is 0 Å². The maximum atomic E-state index is 12.9. The molecule has 0 saturated carbocycles. The van der Waals surface area contributed by atoms with Crippen LogP contribution < -0.4 is 5.32 Å². The zero-order valence-corrected chi connectivity index (χ0v) is 18.6. The number of amides is 2. The highest BCUT2D eigenvalue weighted by Crippen LogP contribution is 2.42. The normalized spacial score (nSPS) is 19.2. The number of hydrogen-bond donors (Lipinski definition) is 1. The van der Waals surface area contributed by atoms with Crippen LogP contribution in [0.25, 0.3) is 10.8 Å². The first-order valence-electron chi connectivity index (χ1n) is 10.8. The number of nitrogens with zero attached hydrogens (tertiary/aromatic N) is 3. The molecule has 6 nitrogen and oxygen atoms in total. The number of fused-ring (bicyclic) bond motifs is 1. The fourth-order valence-corrected chi connectivity index (χ4v) is 4.63. The second-order valence-corrected chi connectivity index (χ2v) is 9.45. The number of aryl methyl sites for hydroxylation is 1. The van der Waals surface area contributed by atoms with Gasteiger partial charge >= 0.3 is 0 Å². The molecular weight excluding hydrogens is 388 g/mol. The van der Waals surface area contributed by atoms with Gasteiger partial charge in [0.05, 0.1) is 18.7 Å². The average Bonchev–Trinajstić information content (AvgIpc) is 3.28. The van der Waals surface area contributed by atoms with Crippen LogP contribution in [0, 0.1) is 5.92 Å². The van der Waals surface area contributed by atoms with Gasteiger partial charge in [0, 0.05) is 43.2 Å². The zero-order chi connectivity index (χ0) is 22.2. The third-order valence-corrected chi connectivity index (χ3v) is 5.96. The lowest BCUT2D eigenvalue weighted by Gasteiger charge is -2.38. The molecule has 0 radical (unpaired) electrons. The zero-order valence-electron chi connectivity index (χ0n) is 18.6. The van der Waals surface area contributed by atoms with Gasteiger partial charge in [-0.2, -0.15) is 5.10 Å². The number of hydrogen-bond acceptors (Lipinski definition) is 3. The Kier molecular flexibility index (Phi) is 5.56. The van der Waals surface area contributed by atoms with Crippen molar-refractivity contribution in [2.75, 3.05) is 6.54 Å². The molecule has 1 aromatic heterocycles. The van der Waals surface area contributed by atoms with Crippen LogP contribution in [-0.4, -0.2) is 38.6 Å². The van der Waals surface area contributed by atoms with Crippen molar-refractivity contribution in [3.63, 3.8) is 0 Å². The Morgan fingerprint density at radius 2 is 1.90 bits per heavy atom. The first kappa shape index (κ1) is 21.1. The summed E-state index contributed by atoms with van der Waals surface area (Å²) in [6, 6.07) is 14.2. The van der Waals surface area contributed by atoms with E-state index in [9.17, 15) is 9.59 Å². The number of likely N-dealkylation sites (tertiary alicyclic amines) is 1. The maximum absolute atomic E-state index is 12.9. The van der Waals surface area contributed by atoms with E-state index in [0.29, 0.717) is 19.4 Å². The fraction of sp³-hybridized carbons (Fsp3) is 0.400. The minimum absolute atomic E-state index is 0.0106. The lowest BCUT2D eigenvalue weighted by atomic mass is 9.93. The summed E-state index contributed by atoms with van der Waals surface area (Å²) in [4.78, 5) is 27.5. The first-order valence-corrected chi connectivity index (χ1v) is 10.8. The minimum Gasteiger partial charge on any atom is -0.355 e. The van der Waals surface area contributed by atoms with Gasteiger partial charge in [0.15, 0.2) is 0 Å². The summed E-state index contributed by atoms with van der Waals surface area (Å²) in [7, 11) is 1.88. The highest BCUT2D eigenvalue weighted by atomic mass is 16.2. The summed E-state index contributed by atoms with van der Waals surface area (Å²) in [6.07, 6.45) is 4.54. The molecule has 31 heavy (non-hydrogen) atoms. The first-order chi connectivity index (χ1) is 14.7. The summed E-state index contributed by atoms with van der Waals surface area (Å²) in [5.74, 6) is 0.105. The second-order valence-electron chi connectivity index (χ2n) is 9.45. The van der Waals surface area contributed by atoms with Gasteiger partial charge in [-0.25, -0.2) is 0 Å². The SMILES string of the molecule is Cn1cc([C@H]2[C@H](CNC(=O)Cc3ccc4ccccc4c3)CC(=O)N2C(C)(C)C)cn1. The van der Waals surface area contributed by atoms with Gasteiger partial charge in [-0.3, -0.25) is 14.3 Å². The third kappa shape index (κ3) is 4.48. The molecule has 2 amide bonds. The maximum Gasteiger partial charge on any atom is 0.224 e. The Balaban J connectivity index is 1.46. The molecule has 0 spiro atoms.